The van der Waals surface area contributed by atoms with Gasteiger partial charge in [-0.3, -0.25) is 4.79 Å². The van der Waals surface area contributed by atoms with Gasteiger partial charge in [0.15, 0.2) is 0 Å². The van der Waals surface area contributed by atoms with Gasteiger partial charge in [-0.25, -0.2) is 0 Å². The first-order chi connectivity index (χ1) is 7.69. The fraction of sp³-hybridized carbons (Fsp3) is 0.333. The third-order valence-electron chi connectivity index (χ3n) is 2.73. The van der Waals surface area contributed by atoms with E-state index in [0.717, 1.165) is 0 Å². The quantitative estimate of drug-likeness (QED) is 0.838. The van der Waals surface area contributed by atoms with E-state index < -0.39 is 5.97 Å². The molecule has 1 aromatic rings. The van der Waals surface area contributed by atoms with Gasteiger partial charge in [-0.15, -0.1) is 0 Å². The highest BCUT2D eigenvalue weighted by Crippen LogP contribution is 2.31. The number of rotatable bonds is 3. The fourth-order valence-corrected chi connectivity index (χ4v) is 1.66. The fourth-order valence-electron chi connectivity index (χ4n) is 1.66. The number of carbonyl (C=O) groups is 1. The van der Waals surface area contributed by atoms with Crippen molar-refractivity contribution in [3.63, 3.8) is 0 Å². The molecule has 1 aliphatic rings. The number of nitriles is 1. The van der Waals surface area contributed by atoms with Crippen LogP contribution in [0.4, 0.5) is 0 Å². The lowest BCUT2D eigenvalue weighted by molar-refractivity contribution is -0.147. The number of nitrogens with zero attached hydrogens (tertiary/aromatic N) is 1. The zero-order chi connectivity index (χ0) is 11.5. The minimum Gasteiger partial charge on any atom is -0.490 e. The van der Waals surface area contributed by atoms with Crippen molar-refractivity contribution >= 4 is 5.97 Å². The monoisotopic (exact) mass is 217 g/mol. The Balaban J connectivity index is 1.87. The van der Waals surface area contributed by atoms with Crippen LogP contribution in [0.15, 0.2) is 24.3 Å². The molecule has 1 fully saturated rings. The van der Waals surface area contributed by atoms with Gasteiger partial charge in [0.2, 0.25) is 0 Å². The lowest BCUT2D eigenvalue weighted by Gasteiger charge is -2.32. The molecule has 0 saturated heterocycles. The van der Waals surface area contributed by atoms with E-state index in [0.29, 0.717) is 24.2 Å². The van der Waals surface area contributed by atoms with Gasteiger partial charge in [-0.05, 0) is 37.1 Å². The molecule has 2 rings (SSSR count). The molecule has 1 N–H and O–H groups in total. The van der Waals surface area contributed by atoms with Crippen molar-refractivity contribution in [1.82, 2.24) is 0 Å². The average molecular weight is 217 g/mol. The second-order valence-corrected chi connectivity index (χ2v) is 3.88. The van der Waals surface area contributed by atoms with Crippen molar-refractivity contribution in [1.29, 1.82) is 5.26 Å². The first kappa shape index (κ1) is 10.5. The first-order valence-electron chi connectivity index (χ1n) is 5.08. The van der Waals surface area contributed by atoms with Gasteiger partial charge in [0, 0.05) is 0 Å². The van der Waals surface area contributed by atoms with Crippen LogP contribution in [0, 0.1) is 17.2 Å². The molecule has 0 aromatic heterocycles. The summed E-state index contributed by atoms with van der Waals surface area (Å²) >= 11 is 0. The van der Waals surface area contributed by atoms with E-state index in [4.69, 9.17) is 15.1 Å². The molecule has 0 bridgehead atoms. The number of hydrogen-bond acceptors (Lipinski definition) is 3. The highest BCUT2D eigenvalue weighted by molar-refractivity contribution is 5.71. The van der Waals surface area contributed by atoms with Crippen molar-refractivity contribution in [3.8, 4) is 11.8 Å². The highest BCUT2D eigenvalue weighted by Gasteiger charge is 2.35. The van der Waals surface area contributed by atoms with E-state index >= 15 is 0 Å². The second-order valence-electron chi connectivity index (χ2n) is 3.88. The molecule has 4 heteroatoms. The molecule has 1 saturated carbocycles. The minimum atomic E-state index is -0.750. The van der Waals surface area contributed by atoms with E-state index in [1.165, 1.54) is 0 Å². The third-order valence-corrected chi connectivity index (χ3v) is 2.73. The predicted molar refractivity (Wildman–Crippen MR) is 55.9 cm³/mol. The largest absolute Gasteiger partial charge is 0.490 e. The van der Waals surface area contributed by atoms with E-state index in [1.807, 2.05) is 6.07 Å². The molecule has 0 aliphatic heterocycles. The van der Waals surface area contributed by atoms with Gasteiger partial charge in [-0.2, -0.15) is 5.26 Å². The summed E-state index contributed by atoms with van der Waals surface area (Å²) in [6.07, 6.45) is 1.12. The summed E-state index contributed by atoms with van der Waals surface area (Å²) in [5, 5.41) is 17.3. The summed E-state index contributed by atoms with van der Waals surface area (Å²) < 4.78 is 5.56. The van der Waals surface area contributed by atoms with Crippen molar-refractivity contribution in [3.05, 3.63) is 29.8 Å². The maximum atomic E-state index is 10.6. The van der Waals surface area contributed by atoms with E-state index in [-0.39, 0.29) is 12.0 Å². The van der Waals surface area contributed by atoms with Gasteiger partial charge in [0.25, 0.3) is 0 Å². The minimum absolute atomic E-state index is 0.00552. The second kappa shape index (κ2) is 4.23. The Hall–Kier alpha value is -2.02. The van der Waals surface area contributed by atoms with Gasteiger partial charge in [0.05, 0.1) is 17.6 Å². The number of carboxylic acid groups (broad SMARTS) is 1. The maximum Gasteiger partial charge on any atom is 0.306 e. The summed E-state index contributed by atoms with van der Waals surface area (Å²) in [6, 6.07) is 8.85. The van der Waals surface area contributed by atoms with Gasteiger partial charge >= 0.3 is 5.97 Å². The molecular formula is C12H11NO3. The molecule has 0 unspecified atom stereocenters. The Labute approximate surface area is 93.1 Å². The Morgan fingerprint density at radius 2 is 2.00 bits per heavy atom. The van der Waals surface area contributed by atoms with Gasteiger partial charge in [0.1, 0.15) is 11.9 Å². The van der Waals surface area contributed by atoms with Gasteiger partial charge in [-0.1, -0.05) is 0 Å². The molecule has 1 aromatic carbocycles. The molecular weight excluding hydrogens is 206 g/mol. The lowest BCUT2D eigenvalue weighted by atomic mass is 9.82. The van der Waals surface area contributed by atoms with Gasteiger partial charge < -0.3 is 9.84 Å². The van der Waals surface area contributed by atoms with Crippen molar-refractivity contribution in [2.75, 3.05) is 0 Å². The van der Waals surface area contributed by atoms with Crippen LogP contribution in [-0.2, 0) is 4.79 Å². The number of ether oxygens (including phenoxy) is 1. The zero-order valence-corrected chi connectivity index (χ0v) is 8.59. The lowest BCUT2D eigenvalue weighted by Crippen LogP contribution is -2.38. The Bertz CT molecular complexity index is 427. The van der Waals surface area contributed by atoms with Crippen LogP contribution in [0.25, 0.3) is 0 Å². The smallest absolute Gasteiger partial charge is 0.306 e. The molecule has 0 spiro atoms. The van der Waals surface area contributed by atoms with Crippen LogP contribution in [0.2, 0.25) is 0 Å². The molecule has 82 valence electrons. The molecule has 0 atom stereocenters. The topological polar surface area (TPSA) is 70.3 Å². The van der Waals surface area contributed by atoms with Crippen LogP contribution in [0.5, 0.6) is 5.75 Å². The molecule has 16 heavy (non-hydrogen) atoms. The first-order valence-corrected chi connectivity index (χ1v) is 5.08. The number of aliphatic carboxylic acids is 1. The summed E-state index contributed by atoms with van der Waals surface area (Å²) in [7, 11) is 0. The van der Waals surface area contributed by atoms with Crippen LogP contribution < -0.4 is 4.74 Å². The van der Waals surface area contributed by atoms with Crippen molar-refractivity contribution in [2.24, 2.45) is 5.92 Å². The number of benzene rings is 1. The standard InChI is InChI=1S/C12H11NO3/c13-7-8-1-3-10(4-2-8)16-11-5-9(6-11)12(14)15/h1-4,9,11H,5-6H2,(H,14,15)/t9-,11-. The maximum absolute atomic E-state index is 10.6. The van der Waals surface area contributed by atoms with E-state index in [9.17, 15) is 4.79 Å². The highest BCUT2D eigenvalue weighted by atomic mass is 16.5. The SMILES string of the molecule is N#Cc1ccc(O[C@H]2C[C@H](C(=O)O)C2)cc1. The third kappa shape index (κ3) is 2.14. The van der Waals surface area contributed by atoms with Crippen LogP contribution in [0.3, 0.4) is 0 Å². The Morgan fingerprint density at radius 1 is 1.38 bits per heavy atom. The summed E-state index contributed by atoms with van der Waals surface area (Å²) in [5.74, 6) is -0.323. The van der Waals surface area contributed by atoms with Crippen LogP contribution in [0.1, 0.15) is 18.4 Å². The molecule has 0 amide bonds. The average Bonchev–Trinajstić information content (AvgIpc) is 2.23. The summed E-state index contributed by atoms with van der Waals surface area (Å²) in [4.78, 5) is 10.6. The summed E-state index contributed by atoms with van der Waals surface area (Å²) in [6.45, 7) is 0. The Morgan fingerprint density at radius 3 is 2.50 bits per heavy atom. The number of carboxylic acids is 1. The predicted octanol–water partition coefficient (Wildman–Crippen LogP) is 1.80. The zero-order valence-electron chi connectivity index (χ0n) is 8.59. The molecule has 1 aliphatic carbocycles. The van der Waals surface area contributed by atoms with E-state index in [2.05, 4.69) is 0 Å². The normalized spacial score (nSPS) is 22.9. The molecule has 0 heterocycles. The van der Waals surface area contributed by atoms with E-state index in [1.54, 1.807) is 24.3 Å². The van der Waals surface area contributed by atoms with Crippen molar-refractivity contribution in [2.45, 2.75) is 18.9 Å². The van der Waals surface area contributed by atoms with Crippen LogP contribution in [-0.4, -0.2) is 17.2 Å². The summed E-state index contributed by atoms with van der Waals surface area (Å²) in [5.41, 5.74) is 0.587. The molecule has 0 radical (unpaired) electrons. The van der Waals surface area contributed by atoms with Crippen molar-refractivity contribution < 1.29 is 14.6 Å². The molecule has 4 nitrogen and oxygen atoms in total. The van der Waals surface area contributed by atoms with Crippen LogP contribution >= 0.6 is 0 Å². The number of hydrogen-bond donors (Lipinski definition) is 1. The Kier molecular flexibility index (Phi) is 2.78.